The number of fused-ring (bicyclic) bond motifs is 1. The SMILES string of the molecule is CCCn1c(=O)[nH]c(=O)c2cc(C(=O)N3CCC4(CCNC4)CC3)cnc21. The Labute approximate surface area is 156 Å². The summed E-state index contributed by atoms with van der Waals surface area (Å²) >= 11 is 0. The van der Waals surface area contributed by atoms with Crippen molar-refractivity contribution in [1.29, 1.82) is 0 Å². The van der Waals surface area contributed by atoms with Crippen LogP contribution < -0.4 is 16.6 Å². The van der Waals surface area contributed by atoms with Gasteiger partial charge in [-0.25, -0.2) is 9.78 Å². The van der Waals surface area contributed by atoms with Gasteiger partial charge in [-0.1, -0.05) is 6.92 Å². The van der Waals surface area contributed by atoms with Crippen molar-refractivity contribution in [2.45, 2.75) is 39.2 Å². The Morgan fingerprint density at radius 2 is 2.04 bits per heavy atom. The Morgan fingerprint density at radius 1 is 1.26 bits per heavy atom. The molecule has 0 bridgehead atoms. The lowest BCUT2D eigenvalue weighted by Gasteiger charge is -2.38. The molecule has 2 saturated heterocycles. The summed E-state index contributed by atoms with van der Waals surface area (Å²) in [6, 6.07) is 1.57. The minimum Gasteiger partial charge on any atom is -0.339 e. The number of hydrogen-bond donors (Lipinski definition) is 2. The third-order valence-corrected chi connectivity index (χ3v) is 5.97. The molecule has 2 fully saturated rings. The summed E-state index contributed by atoms with van der Waals surface area (Å²) in [6.45, 7) is 5.97. The van der Waals surface area contributed by atoms with Gasteiger partial charge < -0.3 is 10.2 Å². The van der Waals surface area contributed by atoms with Crippen LogP contribution in [-0.2, 0) is 6.54 Å². The van der Waals surface area contributed by atoms with Crippen LogP contribution in [0.15, 0.2) is 21.9 Å². The fourth-order valence-electron chi connectivity index (χ4n) is 4.30. The van der Waals surface area contributed by atoms with E-state index in [0.717, 1.165) is 45.4 Å². The molecule has 0 atom stereocenters. The summed E-state index contributed by atoms with van der Waals surface area (Å²) in [6.07, 6.45) is 5.41. The molecule has 0 aromatic carbocycles. The van der Waals surface area contributed by atoms with Crippen molar-refractivity contribution in [3.8, 4) is 0 Å². The average Bonchev–Trinajstić information content (AvgIpc) is 3.13. The quantitative estimate of drug-likeness (QED) is 0.828. The number of aryl methyl sites for hydroxylation is 1. The zero-order chi connectivity index (χ0) is 19.0. The number of nitrogens with zero attached hydrogens (tertiary/aromatic N) is 3. The van der Waals surface area contributed by atoms with Gasteiger partial charge in [0, 0.05) is 32.4 Å². The highest BCUT2D eigenvalue weighted by Gasteiger charge is 2.38. The van der Waals surface area contributed by atoms with E-state index in [-0.39, 0.29) is 11.3 Å². The maximum absolute atomic E-state index is 12.9. The van der Waals surface area contributed by atoms with Crippen LogP contribution in [0.5, 0.6) is 0 Å². The predicted octanol–water partition coefficient (Wildman–Crippen LogP) is 0.710. The molecule has 0 saturated carbocycles. The second kappa shape index (κ2) is 6.92. The molecular weight excluding hydrogens is 346 g/mol. The van der Waals surface area contributed by atoms with Crippen LogP contribution in [0, 0.1) is 5.41 Å². The summed E-state index contributed by atoms with van der Waals surface area (Å²) in [5.74, 6) is -0.0992. The number of H-pyrrole nitrogens is 1. The molecule has 8 nitrogen and oxygen atoms in total. The third kappa shape index (κ3) is 3.18. The number of aromatic amines is 1. The Morgan fingerprint density at radius 3 is 2.70 bits per heavy atom. The molecule has 27 heavy (non-hydrogen) atoms. The zero-order valence-corrected chi connectivity index (χ0v) is 15.6. The highest BCUT2D eigenvalue weighted by molar-refractivity contribution is 5.96. The van der Waals surface area contributed by atoms with Crippen molar-refractivity contribution < 1.29 is 4.79 Å². The summed E-state index contributed by atoms with van der Waals surface area (Å²) < 4.78 is 1.45. The molecule has 0 unspecified atom stereocenters. The van der Waals surface area contributed by atoms with E-state index in [9.17, 15) is 14.4 Å². The van der Waals surface area contributed by atoms with Crippen LogP contribution in [-0.4, -0.2) is 51.5 Å². The van der Waals surface area contributed by atoms with Crippen LogP contribution in [0.1, 0.15) is 43.0 Å². The number of amides is 1. The summed E-state index contributed by atoms with van der Waals surface area (Å²) in [7, 11) is 0. The Balaban J connectivity index is 1.61. The molecule has 1 spiro atoms. The number of nitrogens with one attached hydrogen (secondary N) is 2. The van der Waals surface area contributed by atoms with Gasteiger partial charge in [0.05, 0.1) is 10.9 Å². The lowest BCUT2D eigenvalue weighted by atomic mass is 9.78. The summed E-state index contributed by atoms with van der Waals surface area (Å²) in [5.41, 5.74) is 0.102. The average molecular weight is 371 g/mol. The van der Waals surface area contributed by atoms with Crippen LogP contribution in [0.2, 0.25) is 0 Å². The van der Waals surface area contributed by atoms with E-state index in [0.29, 0.717) is 23.2 Å². The van der Waals surface area contributed by atoms with Gasteiger partial charge >= 0.3 is 5.69 Å². The van der Waals surface area contributed by atoms with Crippen LogP contribution in [0.3, 0.4) is 0 Å². The molecular formula is C19H25N5O3. The molecule has 8 heteroatoms. The van der Waals surface area contributed by atoms with Gasteiger partial charge in [0.15, 0.2) is 0 Å². The standard InChI is InChI=1S/C19H25N5O3/c1-2-7-24-15-14(16(25)22-18(24)27)10-13(11-21-15)17(26)23-8-4-19(5-9-23)3-6-20-12-19/h10-11,20H,2-9,12H2,1H3,(H,22,25,27). The first-order valence-electron chi connectivity index (χ1n) is 9.66. The number of likely N-dealkylation sites (tertiary alicyclic amines) is 1. The number of aromatic nitrogens is 3. The van der Waals surface area contributed by atoms with Crippen LogP contribution in [0.25, 0.3) is 11.0 Å². The number of rotatable bonds is 3. The fraction of sp³-hybridized carbons (Fsp3) is 0.579. The molecule has 0 radical (unpaired) electrons. The van der Waals surface area contributed by atoms with E-state index in [4.69, 9.17) is 0 Å². The first kappa shape index (κ1) is 17.9. The van der Waals surface area contributed by atoms with Crippen molar-refractivity contribution in [3.63, 3.8) is 0 Å². The second-order valence-corrected chi connectivity index (χ2v) is 7.73. The Hall–Kier alpha value is -2.48. The second-order valence-electron chi connectivity index (χ2n) is 7.73. The summed E-state index contributed by atoms with van der Waals surface area (Å²) in [4.78, 5) is 45.7. The molecule has 144 valence electrons. The van der Waals surface area contributed by atoms with Gasteiger partial charge in [-0.2, -0.15) is 0 Å². The number of pyridine rings is 1. The van der Waals surface area contributed by atoms with E-state index in [1.165, 1.54) is 17.2 Å². The number of piperidine rings is 1. The molecule has 0 aliphatic carbocycles. The largest absolute Gasteiger partial charge is 0.339 e. The first-order chi connectivity index (χ1) is 13.0. The van der Waals surface area contributed by atoms with Crippen molar-refractivity contribution in [1.82, 2.24) is 24.8 Å². The van der Waals surface area contributed by atoms with Crippen molar-refractivity contribution >= 4 is 16.9 Å². The van der Waals surface area contributed by atoms with Gasteiger partial charge in [-0.15, -0.1) is 0 Å². The van der Waals surface area contributed by atoms with Crippen molar-refractivity contribution in [3.05, 3.63) is 38.7 Å². The lowest BCUT2D eigenvalue weighted by Crippen LogP contribution is -2.44. The Bertz CT molecular complexity index is 977. The molecule has 1 amide bonds. The zero-order valence-electron chi connectivity index (χ0n) is 15.6. The van der Waals surface area contributed by atoms with Gasteiger partial charge in [0.2, 0.25) is 0 Å². The minimum atomic E-state index is -0.501. The number of carbonyl (C=O) groups is 1. The number of carbonyl (C=O) groups excluding carboxylic acids is 1. The van der Waals surface area contributed by atoms with E-state index in [2.05, 4.69) is 15.3 Å². The molecule has 2 aromatic heterocycles. The lowest BCUT2D eigenvalue weighted by molar-refractivity contribution is 0.0607. The summed E-state index contributed by atoms with van der Waals surface area (Å²) in [5, 5.41) is 3.71. The van der Waals surface area contributed by atoms with E-state index in [1.807, 2.05) is 11.8 Å². The van der Waals surface area contributed by atoms with Crippen LogP contribution >= 0.6 is 0 Å². The highest BCUT2D eigenvalue weighted by atomic mass is 16.2. The van der Waals surface area contributed by atoms with Crippen molar-refractivity contribution in [2.24, 2.45) is 5.41 Å². The predicted molar refractivity (Wildman–Crippen MR) is 102 cm³/mol. The maximum Gasteiger partial charge on any atom is 0.329 e. The van der Waals surface area contributed by atoms with E-state index in [1.54, 1.807) is 6.07 Å². The molecule has 2 aliphatic rings. The fourth-order valence-corrected chi connectivity index (χ4v) is 4.30. The van der Waals surface area contributed by atoms with Gasteiger partial charge in [0.1, 0.15) is 5.65 Å². The normalized spacial score (nSPS) is 19.1. The topological polar surface area (TPSA) is 100 Å². The van der Waals surface area contributed by atoms with E-state index >= 15 is 0 Å². The smallest absolute Gasteiger partial charge is 0.329 e. The van der Waals surface area contributed by atoms with Crippen LogP contribution in [0.4, 0.5) is 0 Å². The molecule has 4 rings (SSSR count). The maximum atomic E-state index is 12.9. The van der Waals surface area contributed by atoms with Gasteiger partial charge in [-0.3, -0.25) is 19.1 Å². The van der Waals surface area contributed by atoms with Gasteiger partial charge in [0.25, 0.3) is 11.5 Å². The molecule has 2 N–H and O–H groups in total. The number of hydrogen-bond acceptors (Lipinski definition) is 5. The van der Waals surface area contributed by atoms with Crippen molar-refractivity contribution in [2.75, 3.05) is 26.2 Å². The monoisotopic (exact) mass is 371 g/mol. The van der Waals surface area contributed by atoms with E-state index < -0.39 is 11.2 Å². The molecule has 2 aromatic rings. The molecule has 4 heterocycles. The first-order valence-corrected chi connectivity index (χ1v) is 9.66. The highest BCUT2D eigenvalue weighted by Crippen LogP contribution is 2.37. The Kier molecular flexibility index (Phi) is 4.59. The third-order valence-electron chi connectivity index (χ3n) is 5.97. The molecule has 2 aliphatic heterocycles. The van der Waals surface area contributed by atoms with Gasteiger partial charge in [-0.05, 0) is 43.7 Å². The minimum absolute atomic E-state index is 0.0992.